The largest absolute Gasteiger partial charge is 0.378 e. The van der Waals surface area contributed by atoms with E-state index in [0.29, 0.717) is 17.4 Å². The second-order valence-electron chi connectivity index (χ2n) is 8.20. The minimum Gasteiger partial charge on any atom is -0.378 e. The van der Waals surface area contributed by atoms with Gasteiger partial charge in [0.2, 0.25) is 5.91 Å². The maximum absolute atomic E-state index is 12.6. The van der Waals surface area contributed by atoms with Crippen molar-refractivity contribution in [1.29, 1.82) is 0 Å². The summed E-state index contributed by atoms with van der Waals surface area (Å²) < 4.78 is 5.97. The number of hydrogen-bond donors (Lipinski definition) is 2. The van der Waals surface area contributed by atoms with Crippen molar-refractivity contribution in [3.05, 3.63) is 0 Å². The van der Waals surface area contributed by atoms with Gasteiger partial charge in [0.05, 0.1) is 6.10 Å². The number of hydrogen-bond acceptors (Lipinski definition) is 3. The summed E-state index contributed by atoms with van der Waals surface area (Å²) >= 11 is 0. The molecule has 4 nitrogen and oxygen atoms in total. The summed E-state index contributed by atoms with van der Waals surface area (Å²) in [5, 5.41) is 6.72. The standard InChI is InChI=1S/C18H32N2O2.ClH/c1-4-5-10-22-15-11-14(17(15,2)3)20-16(21)13-12-18(13)6-8-19-9-7-18;/h13-15,19H,4-12H2,1-3H3,(H,20,21);1H. The predicted octanol–water partition coefficient (Wildman–Crippen LogP) is 2.90. The Hall–Kier alpha value is -0.320. The molecule has 0 bridgehead atoms. The summed E-state index contributed by atoms with van der Waals surface area (Å²) in [7, 11) is 0. The lowest BCUT2D eigenvalue weighted by molar-refractivity contribution is -0.139. The molecule has 134 valence electrons. The van der Waals surface area contributed by atoms with Crippen LogP contribution in [-0.4, -0.2) is 37.7 Å². The molecule has 23 heavy (non-hydrogen) atoms. The van der Waals surface area contributed by atoms with E-state index in [1.54, 1.807) is 0 Å². The Kier molecular flexibility index (Phi) is 6.02. The molecule has 1 aliphatic heterocycles. The first-order valence-corrected chi connectivity index (χ1v) is 9.12. The molecular weight excluding hydrogens is 312 g/mol. The summed E-state index contributed by atoms with van der Waals surface area (Å²) in [5.74, 6) is 0.567. The molecule has 3 rings (SSSR count). The first-order valence-electron chi connectivity index (χ1n) is 9.12. The third kappa shape index (κ3) is 3.69. The summed E-state index contributed by atoms with van der Waals surface area (Å²) in [6.07, 6.45) is 7.02. The van der Waals surface area contributed by atoms with E-state index in [4.69, 9.17) is 4.74 Å². The third-order valence-electron chi connectivity index (χ3n) is 6.42. The minimum atomic E-state index is 0. The zero-order valence-corrected chi connectivity index (χ0v) is 15.6. The average molecular weight is 345 g/mol. The Morgan fingerprint density at radius 1 is 1.30 bits per heavy atom. The van der Waals surface area contributed by atoms with Crippen LogP contribution in [-0.2, 0) is 9.53 Å². The Labute approximate surface area is 146 Å². The van der Waals surface area contributed by atoms with Crippen LogP contribution in [0.3, 0.4) is 0 Å². The first-order chi connectivity index (χ1) is 10.5. The fourth-order valence-corrected chi connectivity index (χ4v) is 4.25. The Morgan fingerprint density at radius 3 is 2.61 bits per heavy atom. The number of amides is 1. The van der Waals surface area contributed by atoms with Crippen LogP contribution in [0.25, 0.3) is 0 Å². The van der Waals surface area contributed by atoms with Crippen molar-refractivity contribution < 1.29 is 9.53 Å². The van der Waals surface area contributed by atoms with Crippen LogP contribution in [0.4, 0.5) is 0 Å². The summed E-state index contributed by atoms with van der Waals surface area (Å²) in [6, 6.07) is 0.283. The van der Waals surface area contributed by atoms with E-state index < -0.39 is 0 Å². The van der Waals surface area contributed by atoms with Crippen molar-refractivity contribution in [3.8, 4) is 0 Å². The number of rotatable bonds is 6. The van der Waals surface area contributed by atoms with Crippen molar-refractivity contribution in [2.45, 2.75) is 71.4 Å². The van der Waals surface area contributed by atoms with Gasteiger partial charge >= 0.3 is 0 Å². The van der Waals surface area contributed by atoms with Crippen molar-refractivity contribution >= 4 is 18.3 Å². The molecule has 3 unspecified atom stereocenters. The molecule has 1 spiro atoms. The van der Waals surface area contributed by atoms with Gasteiger partial charge in [-0.05, 0) is 50.6 Å². The highest BCUT2D eigenvalue weighted by molar-refractivity contribution is 5.85. The monoisotopic (exact) mass is 344 g/mol. The topological polar surface area (TPSA) is 50.4 Å². The van der Waals surface area contributed by atoms with Crippen LogP contribution in [0, 0.1) is 16.7 Å². The van der Waals surface area contributed by atoms with E-state index in [-0.39, 0.29) is 29.8 Å². The number of carbonyl (C=O) groups is 1. The quantitative estimate of drug-likeness (QED) is 0.728. The van der Waals surface area contributed by atoms with E-state index in [0.717, 1.165) is 39.0 Å². The van der Waals surface area contributed by atoms with Gasteiger partial charge in [-0.25, -0.2) is 0 Å². The zero-order valence-electron chi connectivity index (χ0n) is 14.8. The number of unbranched alkanes of at least 4 members (excludes halogenated alkanes) is 1. The highest BCUT2D eigenvalue weighted by atomic mass is 35.5. The van der Waals surface area contributed by atoms with Gasteiger partial charge in [0.25, 0.3) is 0 Å². The van der Waals surface area contributed by atoms with E-state index in [1.807, 2.05) is 0 Å². The van der Waals surface area contributed by atoms with Gasteiger partial charge in [-0.1, -0.05) is 27.2 Å². The molecule has 0 aromatic heterocycles. The molecule has 2 N–H and O–H groups in total. The maximum Gasteiger partial charge on any atom is 0.223 e. The van der Waals surface area contributed by atoms with Crippen LogP contribution in [0.1, 0.15) is 59.3 Å². The van der Waals surface area contributed by atoms with Crippen molar-refractivity contribution in [3.63, 3.8) is 0 Å². The van der Waals surface area contributed by atoms with Gasteiger partial charge in [0.15, 0.2) is 0 Å². The predicted molar refractivity (Wildman–Crippen MR) is 94.9 cm³/mol. The lowest BCUT2D eigenvalue weighted by Crippen LogP contribution is -2.62. The van der Waals surface area contributed by atoms with Crippen LogP contribution >= 0.6 is 12.4 Å². The van der Waals surface area contributed by atoms with Crippen LogP contribution < -0.4 is 10.6 Å². The molecule has 2 aliphatic carbocycles. The Bertz CT molecular complexity index is 421. The molecule has 3 atom stereocenters. The molecule has 3 fully saturated rings. The molecule has 5 heteroatoms. The molecule has 0 aromatic carbocycles. The highest BCUT2D eigenvalue weighted by Gasteiger charge is 2.59. The number of carbonyl (C=O) groups excluding carboxylic acids is 1. The first kappa shape index (κ1) is 19.0. The number of ether oxygens (including phenoxy) is 1. The molecule has 1 saturated heterocycles. The van der Waals surface area contributed by atoms with Gasteiger partial charge in [-0.2, -0.15) is 0 Å². The van der Waals surface area contributed by atoms with E-state index in [9.17, 15) is 4.79 Å². The van der Waals surface area contributed by atoms with E-state index in [2.05, 4.69) is 31.4 Å². The Morgan fingerprint density at radius 2 is 2.00 bits per heavy atom. The molecule has 2 saturated carbocycles. The van der Waals surface area contributed by atoms with Crippen LogP contribution in [0.5, 0.6) is 0 Å². The van der Waals surface area contributed by atoms with Gasteiger partial charge < -0.3 is 15.4 Å². The van der Waals surface area contributed by atoms with Gasteiger partial charge in [0.1, 0.15) is 0 Å². The van der Waals surface area contributed by atoms with Crippen molar-refractivity contribution in [1.82, 2.24) is 10.6 Å². The van der Waals surface area contributed by atoms with Crippen molar-refractivity contribution in [2.24, 2.45) is 16.7 Å². The number of nitrogens with one attached hydrogen (secondary N) is 2. The van der Waals surface area contributed by atoms with Crippen LogP contribution in [0.2, 0.25) is 0 Å². The number of halogens is 1. The molecular formula is C18H33ClN2O2. The highest BCUT2D eigenvalue weighted by Crippen LogP contribution is 2.58. The molecule has 3 aliphatic rings. The Balaban J connectivity index is 0.00000192. The SMILES string of the molecule is CCCCOC1CC(NC(=O)C2CC23CCNCC3)C1(C)C.Cl. The van der Waals surface area contributed by atoms with Gasteiger partial charge in [-0.3, -0.25) is 4.79 Å². The normalized spacial score (nSPS) is 33.4. The van der Waals surface area contributed by atoms with Gasteiger partial charge in [0, 0.05) is 24.0 Å². The zero-order chi connectivity index (χ0) is 15.8. The van der Waals surface area contributed by atoms with Gasteiger partial charge in [-0.15, -0.1) is 12.4 Å². The molecule has 0 radical (unpaired) electrons. The maximum atomic E-state index is 12.6. The van der Waals surface area contributed by atoms with E-state index >= 15 is 0 Å². The lowest BCUT2D eigenvalue weighted by Gasteiger charge is -2.51. The molecule has 0 aromatic rings. The van der Waals surface area contributed by atoms with Crippen LogP contribution in [0.15, 0.2) is 0 Å². The minimum absolute atomic E-state index is 0. The fraction of sp³-hybridized carbons (Fsp3) is 0.944. The smallest absolute Gasteiger partial charge is 0.223 e. The molecule has 1 heterocycles. The summed E-state index contributed by atoms with van der Waals surface area (Å²) in [5.41, 5.74) is 0.403. The summed E-state index contributed by atoms with van der Waals surface area (Å²) in [6.45, 7) is 9.64. The second-order valence-corrected chi connectivity index (χ2v) is 8.20. The fourth-order valence-electron chi connectivity index (χ4n) is 4.25. The summed E-state index contributed by atoms with van der Waals surface area (Å²) in [4.78, 5) is 12.6. The lowest BCUT2D eigenvalue weighted by atomic mass is 9.64. The second kappa shape index (κ2) is 7.28. The average Bonchev–Trinajstić information content (AvgIpc) is 3.19. The molecule has 1 amide bonds. The third-order valence-corrected chi connectivity index (χ3v) is 6.42. The van der Waals surface area contributed by atoms with Crippen molar-refractivity contribution in [2.75, 3.05) is 19.7 Å². The van der Waals surface area contributed by atoms with E-state index in [1.165, 1.54) is 19.3 Å². The number of piperidine rings is 1.